The summed E-state index contributed by atoms with van der Waals surface area (Å²) in [6.45, 7) is 1.23. The summed E-state index contributed by atoms with van der Waals surface area (Å²) in [5.41, 5.74) is 6.40. The highest BCUT2D eigenvalue weighted by Crippen LogP contribution is 2.15. The summed E-state index contributed by atoms with van der Waals surface area (Å²) < 4.78 is 33.3. The van der Waals surface area contributed by atoms with Crippen LogP contribution in [0.3, 0.4) is 0 Å². The number of rotatable bonds is 8. The molecule has 0 fully saturated rings. The van der Waals surface area contributed by atoms with E-state index < -0.39 is 10.0 Å². The van der Waals surface area contributed by atoms with Crippen molar-refractivity contribution in [3.05, 3.63) is 58.6 Å². The molecule has 0 spiro atoms. The van der Waals surface area contributed by atoms with Crippen LogP contribution in [0.4, 0.5) is 0 Å². The summed E-state index contributed by atoms with van der Waals surface area (Å²) in [6, 6.07) is 14.1. The topological polar surface area (TPSA) is 81.4 Å². The van der Waals surface area contributed by atoms with Gasteiger partial charge in [0.15, 0.2) is 0 Å². The number of halogens is 1. The van der Waals surface area contributed by atoms with E-state index in [-0.39, 0.29) is 4.90 Å². The molecule has 2 aromatic carbocycles. The van der Waals surface area contributed by atoms with Gasteiger partial charge in [-0.05, 0) is 48.4 Å². The molecule has 124 valence electrons. The second-order valence-electron chi connectivity index (χ2n) is 4.89. The Balaban J connectivity index is 1.92. The molecular weight excluding hydrogens is 380 g/mol. The van der Waals surface area contributed by atoms with E-state index in [9.17, 15) is 8.42 Å². The molecule has 2 aromatic rings. The van der Waals surface area contributed by atoms with Crippen LogP contribution in [0, 0.1) is 0 Å². The van der Waals surface area contributed by atoms with Gasteiger partial charge in [0.05, 0.1) is 4.90 Å². The van der Waals surface area contributed by atoms with Crippen molar-refractivity contribution in [2.75, 3.05) is 19.7 Å². The highest BCUT2D eigenvalue weighted by molar-refractivity contribution is 9.10. The Kier molecular flexibility index (Phi) is 6.59. The summed E-state index contributed by atoms with van der Waals surface area (Å²) in [4.78, 5) is 0.251. The first-order valence-corrected chi connectivity index (χ1v) is 9.46. The molecule has 0 radical (unpaired) electrons. The Bertz CT molecular complexity index is 733. The lowest BCUT2D eigenvalue weighted by atomic mass is 10.1. The van der Waals surface area contributed by atoms with Crippen molar-refractivity contribution in [3.8, 4) is 5.75 Å². The standard InChI is InChI=1S/C16H19BrN2O3S/c17-14-4-6-16(7-5-14)23(20,21)19-10-8-13-2-1-3-15(12-13)22-11-9-18/h1-7,12,19H,8-11,18H2. The minimum atomic E-state index is -3.49. The van der Waals surface area contributed by atoms with E-state index in [0.717, 1.165) is 15.8 Å². The smallest absolute Gasteiger partial charge is 0.240 e. The minimum Gasteiger partial charge on any atom is -0.492 e. The lowest BCUT2D eigenvalue weighted by Crippen LogP contribution is -2.25. The average molecular weight is 399 g/mol. The molecule has 0 amide bonds. The number of benzene rings is 2. The molecule has 5 nitrogen and oxygen atoms in total. The van der Waals surface area contributed by atoms with Crippen molar-refractivity contribution in [1.29, 1.82) is 0 Å². The second kappa shape index (κ2) is 8.44. The minimum absolute atomic E-state index is 0.251. The molecule has 0 aliphatic heterocycles. The fourth-order valence-electron chi connectivity index (χ4n) is 1.99. The number of sulfonamides is 1. The SMILES string of the molecule is NCCOc1cccc(CCNS(=O)(=O)c2ccc(Br)cc2)c1. The monoisotopic (exact) mass is 398 g/mol. The van der Waals surface area contributed by atoms with Gasteiger partial charge in [-0.2, -0.15) is 0 Å². The van der Waals surface area contributed by atoms with Gasteiger partial charge in [-0.1, -0.05) is 28.1 Å². The van der Waals surface area contributed by atoms with E-state index in [1.807, 2.05) is 24.3 Å². The van der Waals surface area contributed by atoms with Crippen LogP contribution in [-0.4, -0.2) is 28.1 Å². The van der Waals surface area contributed by atoms with Crippen molar-refractivity contribution in [3.63, 3.8) is 0 Å². The third-order valence-corrected chi connectivity index (χ3v) is 5.12. The van der Waals surface area contributed by atoms with Gasteiger partial charge in [0.2, 0.25) is 10.0 Å². The van der Waals surface area contributed by atoms with Crippen LogP contribution in [0.2, 0.25) is 0 Å². The van der Waals surface area contributed by atoms with Gasteiger partial charge in [0, 0.05) is 17.6 Å². The van der Waals surface area contributed by atoms with Gasteiger partial charge in [-0.3, -0.25) is 0 Å². The number of ether oxygens (including phenoxy) is 1. The van der Waals surface area contributed by atoms with Crippen molar-refractivity contribution in [1.82, 2.24) is 4.72 Å². The first-order chi connectivity index (χ1) is 11.0. The highest BCUT2D eigenvalue weighted by atomic mass is 79.9. The zero-order valence-electron chi connectivity index (χ0n) is 12.5. The zero-order valence-corrected chi connectivity index (χ0v) is 14.9. The normalized spacial score (nSPS) is 11.4. The van der Waals surface area contributed by atoms with Crippen molar-refractivity contribution in [2.45, 2.75) is 11.3 Å². The molecule has 0 heterocycles. The van der Waals surface area contributed by atoms with E-state index in [1.54, 1.807) is 24.3 Å². The van der Waals surface area contributed by atoms with Crippen LogP contribution in [0.5, 0.6) is 5.75 Å². The molecule has 0 atom stereocenters. The molecule has 0 saturated carbocycles. The predicted molar refractivity (Wildman–Crippen MR) is 94.0 cm³/mol. The summed E-state index contributed by atoms with van der Waals surface area (Å²) in [7, 11) is -3.49. The lowest BCUT2D eigenvalue weighted by Gasteiger charge is -2.09. The third-order valence-electron chi connectivity index (χ3n) is 3.11. The van der Waals surface area contributed by atoms with Gasteiger partial charge in [-0.15, -0.1) is 0 Å². The Morgan fingerprint density at radius 3 is 2.57 bits per heavy atom. The molecule has 0 aromatic heterocycles. The number of hydrogen-bond donors (Lipinski definition) is 2. The van der Waals surface area contributed by atoms with Gasteiger partial charge in [-0.25, -0.2) is 13.1 Å². The Labute approximate surface area is 145 Å². The molecule has 0 aliphatic carbocycles. The van der Waals surface area contributed by atoms with E-state index in [2.05, 4.69) is 20.7 Å². The molecule has 0 saturated heterocycles. The number of hydrogen-bond acceptors (Lipinski definition) is 4. The number of nitrogens with one attached hydrogen (secondary N) is 1. The van der Waals surface area contributed by atoms with E-state index in [1.165, 1.54) is 0 Å². The van der Waals surface area contributed by atoms with Crippen LogP contribution in [0.25, 0.3) is 0 Å². The summed E-state index contributed by atoms with van der Waals surface area (Å²) >= 11 is 3.29. The summed E-state index contributed by atoms with van der Waals surface area (Å²) in [6.07, 6.45) is 0.579. The van der Waals surface area contributed by atoms with Gasteiger partial charge < -0.3 is 10.5 Å². The Hall–Kier alpha value is -1.41. The molecule has 23 heavy (non-hydrogen) atoms. The molecule has 3 N–H and O–H groups in total. The van der Waals surface area contributed by atoms with Gasteiger partial charge >= 0.3 is 0 Å². The van der Waals surface area contributed by atoms with Crippen LogP contribution >= 0.6 is 15.9 Å². The third kappa shape index (κ3) is 5.62. The van der Waals surface area contributed by atoms with Crippen LogP contribution in [-0.2, 0) is 16.4 Å². The molecule has 7 heteroatoms. The van der Waals surface area contributed by atoms with Crippen molar-refractivity contribution < 1.29 is 13.2 Å². The van der Waals surface area contributed by atoms with Crippen molar-refractivity contribution in [2.24, 2.45) is 5.73 Å². The lowest BCUT2D eigenvalue weighted by molar-refractivity contribution is 0.328. The highest BCUT2D eigenvalue weighted by Gasteiger charge is 2.12. The molecule has 0 unspecified atom stereocenters. The maximum Gasteiger partial charge on any atom is 0.240 e. The fourth-order valence-corrected chi connectivity index (χ4v) is 3.29. The molecule has 2 rings (SSSR count). The van der Waals surface area contributed by atoms with Gasteiger partial charge in [0.25, 0.3) is 0 Å². The van der Waals surface area contributed by atoms with Crippen LogP contribution in [0.15, 0.2) is 57.9 Å². The van der Waals surface area contributed by atoms with Crippen molar-refractivity contribution >= 4 is 26.0 Å². The second-order valence-corrected chi connectivity index (χ2v) is 7.57. The van der Waals surface area contributed by atoms with Gasteiger partial charge in [0.1, 0.15) is 12.4 Å². The quantitative estimate of drug-likeness (QED) is 0.714. The summed E-state index contributed by atoms with van der Waals surface area (Å²) in [5.74, 6) is 0.740. The molecule has 0 bridgehead atoms. The largest absolute Gasteiger partial charge is 0.492 e. The Morgan fingerprint density at radius 1 is 1.13 bits per heavy atom. The van der Waals surface area contributed by atoms with Crippen LogP contribution in [0.1, 0.15) is 5.56 Å². The molecular formula is C16H19BrN2O3S. The zero-order chi connectivity index (χ0) is 16.7. The fraction of sp³-hybridized carbons (Fsp3) is 0.250. The average Bonchev–Trinajstić information content (AvgIpc) is 2.53. The Morgan fingerprint density at radius 2 is 1.87 bits per heavy atom. The number of nitrogens with two attached hydrogens (primary N) is 1. The van der Waals surface area contributed by atoms with E-state index in [0.29, 0.717) is 26.1 Å². The first kappa shape index (κ1) is 17.9. The molecule has 0 aliphatic rings. The van der Waals surface area contributed by atoms with E-state index in [4.69, 9.17) is 10.5 Å². The maximum absolute atomic E-state index is 12.2. The van der Waals surface area contributed by atoms with E-state index >= 15 is 0 Å². The van der Waals surface area contributed by atoms with Crippen LogP contribution < -0.4 is 15.2 Å². The maximum atomic E-state index is 12.2. The predicted octanol–water partition coefficient (Wildman–Crippen LogP) is 2.31. The summed E-state index contributed by atoms with van der Waals surface area (Å²) in [5, 5.41) is 0. The first-order valence-electron chi connectivity index (χ1n) is 7.18.